The van der Waals surface area contributed by atoms with E-state index in [1.807, 2.05) is 41.8 Å². The van der Waals surface area contributed by atoms with Crippen LogP contribution in [0.5, 0.6) is 5.75 Å². The lowest BCUT2D eigenvalue weighted by molar-refractivity contribution is -0.137. The van der Waals surface area contributed by atoms with Crippen molar-refractivity contribution in [3.8, 4) is 16.5 Å². The van der Waals surface area contributed by atoms with Crippen LogP contribution in [-0.2, 0) is 17.8 Å². The first-order valence-electron chi connectivity index (χ1n) is 8.44. The molecule has 6 nitrogen and oxygen atoms in total. The predicted octanol–water partition coefficient (Wildman–Crippen LogP) is 3.79. The monoisotopic (exact) mass is 371 g/mol. The zero-order valence-electron chi connectivity index (χ0n) is 15.0. The number of hydrogen-bond donors (Lipinski definition) is 0. The molecule has 3 aromatic rings. The standard InChI is InChI=1S/C19H21N3O3S/c1-4-14-8-5-6-9-15(14)24-13(2)19(23)22(3)12-17-20-18(21-25-17)16-10-7-11-26-16/h5-11,13H,4,12H2,1-3H3/t13-/m0/s1. The highest BCUT2D eigenvalue weighted by Gasteiger charge is 2.22. The molecule has 0 spiro atoms. The second-order valence-electron chi connectivity index (χ2n) is 5.90. The normalized spacial score (nSPS) is 12.0. The SMILES string of the molecule is CCc1ccccc1O[C@@H](C)C(=O)N(C)Cc1nc(-c2cccs2)no1. The molecule has 0 radical (unpaired) electrons. The molecule has 3 rings (SSSR count). The number of para-hydroxylation sites is 1. The molecular weight excluding hydrogens is 350 g/mol. The van der Waals surface area contributed by atoms with Crippen LogP contribution in [0.2, 0.25) is 0 Å². The maximum absolute atomic E-state index is 12.6. The minimum Gasteiger partial charge on any atom is -0.481 e. The van der Waals surface area contributed by atoms with E-state index in [9.17, 15) is 4.79 Å². The van der Waals surface area contributed by atoms with E-state index in [4.69, 9.17) is 9.26 Å². The first-order chi connectivity index (χ1) is 12.6. The molecule has 0 saturated heterocycles. The van der Waals surface area contributed by atoms with Gasteiger partial charge < -0.3 is 14.2 Å². The molecule has 1 atom stereocenters. The van der Waals surface area contributed by atoms with Crippen molar-refractivity contribution in [2.75, 3.05) is 7.05 Å². The smallest absolute Gasteiger partial charge is 0.263 e. The Hall–Kier alpha value is -2.67. The van der Waals surface area contributed by atoms with Crippen molar-refractivity contribution in [2.24, 2.45) is 0 Å². The number of aromatic nitrogens is 2. The van der Waals surface area contributed by atoms with Crippen LogP contribution in [0, 0.1) is 0 Å². The first kappa shape index (κ1) is 18.1. The van der Waals surface area contributed by atoms with Crippen LogP contribution in [0.3, 0.4) is 0 Å². The average molecular weight is 371 g/mol. The lowest BCUT2D eigenvalue weighted by Crippen LogP contribution is -2.37. The van der Waals surface area contributed by atoms with Gasteiger partial charge in [0.05, 0.1) is 11.4 Å². The fourth-order valence-corrected chi connectivity index (χ4v) is 3.22. The van der Waals surface area contributed by atoms with E-state index in [2.05, 4.69) is 17.1 Å². The highest BCUT2D eigenvalue weighted by atomic mass is 32.1. The number of nitrogens with zero attached hydrogens (tertiary/aromatic N) is 3. The van der Waals surface area contributed by atoms with Crippen molar-refractivity contribution in [1.82, 2.24) is 15.0 Å². The number of likely N-dealkylation sites (N-methyl/N-ethyl adjacent to an activating group) is 1. The molecule has 0 fully saturated rings. The number of hydrogen-bond acceptors (Lipinski definition) is 6. The van der Waals surface area contributed by atoms with Gasteiger partial charge in [0.15, 0.2) is 6.10 Å². The maximum Gasteiger partial charge on any atom is 0.263 e. The van der Waals surface area contributed by atoms with Crippen molar-refractivity contribution in [1.29, 1.82) is 0 Å². The summed E-state index contributed by atoms with van der Waals surface area (Å²) in [5.74, 6) is 1.52. The largest absolute Gasteiger partial charge is 0.481 e. The minimum atomic E-state index is -0.604. The van der Waals surface area contributed by atoms with E-state index in [0.717, 1.165) is 22.6 Å². The van der Waals surface area contributed by atoms with E-state index in [-0.39, 0.29) is 12.5 Å². The number of thiophene rings is 1. The van der Waals surface area contributed by atoms with Gasteiger partial charge in [-0.1, -0.05) is 36.3 Å². The Kier molecular flexibility index (Phi) is 5.68. The number of aryl methyl sites for hydroxylation is 1. The van der Waals surface area contributed by atoms with Crippen LogP contribution in [0.15, 0.2) is 46.3 Å². The summed E-state index contributed by atoms with van der Waals surface area (Å²) in [6, 6.07) is 11.6. The Morgan fingerprint density at radius 1 is 1.31 bits per heavy atom. The summed E-state index contributed by atoms with van der Waals surface area (Å²) in [4.78, 5) is 19.4. The van der Waals surface area contributed by atoms with Gasteiger partial charge in [-0.15, -0.1) is 11.3 Å². The molecule has 26 heavy (non-hydrogen) atoms. The highest BCUT2D eigenvalue weighted by Crippen LogP contribution is 2.22. The molecular formula is C19H21N3O3S. The van der Waals surface area contributed by atoms with Gasteiger partial charge in [0, 0.05) is 7.05 Å². The summed E-state index contributed by atoms with van der Waals surface area (Å²) in [6.07, 6.45) is 0.243. The van der Waals surface area contributed by atoms with Crippen LogP contribution >= 0.6 is 11.3 Å². The molecule has 1 aromatic carbocycles. The summed E-state index contributed by atoms with van der Waals surface area (Å²) < 4.78 is 11.1. The third-order valence-corrected chi connectivity index (χ3v) is 4.83. The molecule has 0 N–H and O–H groups in total. The topological polar surface area (TPSA) is 68.5 Å². The van der Waals surface area contributed by atoms with Crippen molar-refractivity contribution >= 4 is 17.2 Å². The van der Waals surface area contributed by atoms with Crippen molar-refractivity contribution in [3.63, 3.8) is 0 Å². The van der Waals surface area contributed by atoms with Crippen LogP contribution < -0.4 is 4.74 Å². The Balaban J connectivity index is 1.62. The number of benzene rings is 1. The number of carbonyl (C=O) groups excluding carboxylic acids is 1. The molecule has 136 valence electrons. The molecule has 1 amide bonds. The summed E-state index contributed by atoms with van der Waals surface area (Å²) in [7, 11) is 1.70. The zero-order valence-corrected chi connectivity index (χ0v) is 15.8. The fraction of sp³-hybridized carbons (Fsp3) is 0.316. The predicted molar refractivity (Wildman–Crippen MR) is 100.0 cm³/mol. The van der Waals surface area contributed by atoms with Gasteiger partial charge in [-0.25, -0.2) is 0 Å². The third-order valence-electron chi connectivity index (χ3n) is 3.96. The zero-order chi connectivity index (χ0) is 18.5. The van der Waals surface area contributed by atoms with E-state index in [1.54, 1.807) is 14.0 Å². The van der Waals surface area contributed by atoms with Gasteiger partial charge >= 0.3 is 0 Å². The Labute approximate surface area is 156 Å². The fourth-order valence-electron chi connectivity index (χ4n) is 2.57. The van der Waals surface area contributed by atoms with Gasteiger partial charge in [0.2, 0.25) is 11.7 Å². The number of amides is 1. The second-order valence-corrected chi connectivity index (χ2v) is 6.85. The van der Waals surface area contributed by atoms with Crippen LogP contribution in [-0.4, -0.2) is 34.1 Å². The lowest BCUT2D eigenvalue weighted by Gasteiger charge is -2.21. The van der Waals surface area contributed by atoms with E-state index >= 15 is 0 Å². The molecule has 2 aromatic heterocycles. The molecule has 0 saturated carbocycles. The average Bonchev–Trinajstić information content (AvgIpc) is 3.33. The molecule has 0 unspecified atom stereocenters. The summed E-state index contributed by atoms with van der Waals surface area (Å²) in [6.45, 7) is 4.04. The van der Waals surface area contributed by atoms with Gasteiger partial charge in [0.25, 0.3) is 5.91 Å². The maximum atomic E-state index is 12.6. The molecule has 7 heteroatoms. The minimum absolute atomic E-state index is 0.147. The number of carbonyl (C=O) groups is 1. The van der Waals surface area contributed by atoms with E-state index < -0.39 is 6.10 Å². The first-order valence-corrected chi connectivity index (χ1v) is 9.32. The second kappa shape index (κ2) is 8.14. The van der Waals surface area contributed by atoms with Crippen LogP contribution in [0.1, 0.15) is 25.3 Å². The highest BCUT2D eigenvalue weighted by molar-refractivity contribution is 7.13. The van der Waals surface area contributed by atoms with Gasteiger partial charge in [-0.2, -0.15) is 4.98 Å². The summed E-state index contributed by atoms with van der Waals surface area (Å²) in [5, 5.41) is 5.91. The lowest BCUT2D eigenvalue weighted by atomic mass is 10.1. The van der Waals surface area contributed by atoms with Crippen molar-refractivity contribution in [2.45, 2.75) is 32.9 Å². The van der Waals surface area contributed by atoms with Gasteiger partial charge in [-0.05, 0) is 36.4 Å². The molecule has 0 aliphatic heterocycles. The van der Waals surface area contributed by atoms with Gasteiger partial charge in [0.1, 0.15) is 5.75 Å². The van der Waals surface area contributed by atoms with Gasteiger partial charge in [-0.3, -0.25) is 4.79 Å². The van der Waals surface area contributed by atoms with Crippen LogP contribution in [0.4, 0.5) is 0 Å². The quantitative estimate of drug-likeness (QED) is 0.632. The summed E-state index contributed by atoms with van der Waals surface area (Å²) >= 11 is 1.54. The van der Waals surface area contributed by atoms with Crippen LogP contribution in [0.25, 0.3) is 10.7 Å². The van der Waals surface area contributed by atoms with E-state index in [1.165, 1.54) is 16.2 Å². The Morgan fingerprint density at radius 3 is 2.85 bits per heavy atom. The summed E-state index contributed by atoms with van der Waals surface area (Å²) in [5.41, 5.74) is 1.08. The number of rotatable bonds is 7. The van der Waals surface area contributed by atoms with Crippen molar-refractivity contribution < 1.29 is 14.1 Å². The Bertz CT molecular complexity index is 861. The Morgan fingerprint density at radius 2 is 2.12 bits per heavy atom. The third kappa shape index (κ3) is 4.11. The van der Waals surface area contributed by atoms with E-state index in [0.29, 0.717) is 11.7 Å². The molecule has 0 bridgehead atoms. The molecule has 0 aliphatic rings. The molecule has 2 heterocycles. The molecule has 0 aliphatic carbocycles. The number of ether oxygens (including phenoxy) is 1. The van der Waals surface area contributed by atoms with Crippen molar-refractivity contribution in [3.05, 3.63) is 53.2 Å².